The van der Waals surface area contributed by atoms with Crippen molar-refractivity contribution in [2.45, 2.75) is 6.18 Å². The predicted octanol–water partition coefficient (Wildman–Crippen LogP) is 4.58. The molecule has 2 aromatic rings. The largest absolute Gasteiger partial charge is 0.418 e. The number of anilines is 1. The minimum absolute atomic E-state index is 0.264. The van der Waals surface area contributed by atoms with Crippen molar-refractivity contribution in [2.75, 3.05) is 5.32 Å². The summed E-state index contributed by atoms with van der Waals surface area (Å²) in [5.41, 5.74) is -1.49. The van der Waals surface area contributed by atoms with Crippen LogP contribution in [0.1, 0.15) is 15.9 Å². The third-order valence-electron chi connectivity index (χ3n) is 2.88. The smallest absolute Gasteiger partial charge is 0.332 e. The maximum absolute atomic E-state index is 13.5. The normalized spacial score (nSPS) is 11.0. The molecule has 0 unspecified atom stereocenters. The van der Waals surface area contributed by atoms with Crippen LogP contribution >= 0.6 is 34.8 Å². The Hall–Kier alpha value is -1.75. The Labute approximate surface area is 153 Å². The van der Waals surface area contributed by atoms with Gasteiger partial charge in [-0.3, -0.25) is 10.1 Å². The van der Waals surface area contributed by atoms with Crippen molar-refractivity contribution in [3.63, 3.8) is 0 Å². The van der Waals surface area contributed by atoms with E-state index in [1.807, 2.05) is 0 Å². The van der Waals surface area contributed by atoms with Gasteiger partial charge in [-0.05, 0) is 65.1 Å². The molecule has 3 nitrogen and oxygen atoms in total. The molecule has 0 heterocycles. The van der Waals surface area contributed by atoms with Crippen molar-refractivity contribution in [3.8, 4) is 0 Å². The molecule has 0 fully saturated rings. The lowest BCUT2D eigenvalue weighted by Gasteiger charge is -2.16. The Bertz CT molecular complexity index is 795. The van der Waals surface area contributed by atoms with Gasteiger partial charge in [0.2, 0.25) is 0 Å². The van der Waals surface area contributed by atoms with Crippen molar-refractivity contribution >= 4 is 51.5 Å². The zero-order chi connectivity index (χ0) is 17.9. The van der Waals surface area contributed by atoms with E-state index in [0.29, 0.717) is 3.57 Å². The molecule has 126 valence electrons. The van der Waals surface area contributed by atoms with Gasteiger partial charge in [-0.2, -0.15) is 13.2 Å². The first-order valence-corrected chi connectivity index (χ1v) is 7.91. The highest BCUT2D eigenvalue weighted by atomic mass is 127. The van der Waals surface area contributed by atoms with Crippen LogP contribution in [-0.4, -0.2) is 11.0 Å². The molecule has 0 aliphatic heterocycles. The highest BCUT2D eigenvalue weighted by molar-refractivity contribution is 14.1. The van der Waals surface area contributed by atoms with E-state index in [0.717, 1.165) is 12.1 Å². The van der Waals surface area contributed by atoms with E-state index in [1.165, 1.54) is 30.3 Å². The minimum atomic E-state index is -4.59. The first kappa shape index (κ1) is 18.6. The van der Waals surface area contributed by atoms with Gasteiger partial charge in [0.15, 0.2) is 5.11 Å². The molecular weight excluding hydrogens is 459 g/mol. The summed E-state index contributed by atoms with van der Waals surface area (Å²) in [5, 5.41) is 4.10. The number of nitrogens with one attached hydrogen (secondary N) is 2. The number of carbonyl (C=O) groups excluding carboxylic acids is 1. The summed E-state index contributed by atoms with van der Waals surface area (Å²) >= 11 is 6.59. The molecule has 0 radical (unpaired) electrons. The van der Waals surface area contributed by atoms with Gasteiger partial charge in [-0.25, -0.2) is 4.39 Å². The van der Waals surface area contributed by atoms with Crippen LogP contribution in [0.25, 0.3) is 0 Å². The summed E-state index contributed by atoms with van der Waals surface area (Å²) in [6.45, 7) is 0. The third kappa shape index (κ3) is 4.63. The molecule has 0 atom stereocenters. The zero-order valence-electron chi connectivity index (χ0n) is 11.7. The number of rotatable bonds is 2. The minimum Gasteiger partial charge on any atom is -0.332 e. The first-order valence-electron chi connectivity index (χ1n) is 6.42. The lowest BCUT2D eigenvalue weighted by Crippen LogP contribution is -2.35. The number of benzene rings is 2. The average molecular weight is 468 g/mol. The van der Waals surface area contributed by atoms with Crippen LogP contribution in [0, 0.1) is 9.39 Å². The van der Waals surface area contributed by atoms with Crippen LogP contribution in [0.2, 0.25) is 0 Å². The van der Waals surface area contributed by atoms with E-state index in [2.05, 4.69) is 10.6 Å². The zero-order valence-corrected chi connectivity index (χ0v) is 14.7. The topological polar surface area (TPSA) is 41.1 Å². The number of halogens is 5. The van der Waals surface area contributed by atoms with Crippen LogP contribution in [0.3, 0.4) is 0 Å². The fraction of sp³-hybridized carbons (Fsp3) is 0.0667. The number of hydrogen-bond acceptors (Lipinski definition) is 2. The second kappa shape index (κ2) is 7.43. The molecular formula is C15H9F4IN2OS. The van der Waals surface area contributed by atoms with Crippen molar-refractivity contribution in [1.82, 2.24) is 5.32 Å². The fourth-order valence-electron chi connectivity index (χ4n) is 1.83. The van der Waals surface area contributed by atoms with E-state index in [-0.39, 0.29) is 16.4 Å². The summed E-state index contributed by atoms with van der Waals surface area (Å²) in [7, 11) is 0. The predicted molar refractivity (Wildman–Crippen MR) is 94.2 cm³/mol. The number of amides is 1. The van der Waals surface area contributed by atoms with E-state index in [1.54, 1.807) is 22.6 Å². The van der Waals surface area contributed by atoms with Crippen LogP contribution in [0.5, 0.6) is 0 Å². The summed E-state index contributed by atoms with van der Waals surface area (Å²) in [4.78, 5) is 11.9. The fourth-order valence-corrected chi connectivity index (χ4v) is 2.52. The molecule has 0 saturated carbocycles. The summed E-state index contributed by atoms with van der Waals surface area (Å²) in [5.74, 6) is -1.62. The third-order valence-corrected chi connectivity index (χ3v) is 3.76. The monoisotopic (exact) mass is 468 g/mol. The van der Waals surface area contributed by atoms with Gasteiger partial charge in [0.1, 0.15) is 5.82 Å². The highest BCUT2D eigenvalue weighted by Gasteiger charge is 2.34. The summed E-state index contributed by atoms with van der Waals surface area (Å²) in [6, 6.07) is 8.79. The average Bonchev–Trinajstić information content (AvgIpc) is 2.48. The summed E-state index contributed by atoms with van der Waals surface area (Å²) < 4.78 is 53.0. The Morgan fingerprint density at radius 2 is 1.79 bits per heavy atom. The number of alkyl halides is 3. The van der Waals surface area contributed by atoms with Crippen molar-refractivity contribution in [3.05, 3.63) is 63.0 Å². The van der Waals surface area contributed by atoms with Crippen LogP contribution in [-0.2, 0) is 6.18 Å². The van der Waals surface area contributed by atoms with E-state index in [9.17, 15) is 22.4 Å². The second-order valence-electron chi connectivity index (χ2n) is 4.58. The van der Waals surface area contributed by atoms with Crippen LogP contribution in [0.15, 0.2) is 42.5 Å². The maximum Gasteiger partial charge on any atom is 0.418 e. The second-order valence-corrected chi connectivity index (χ2v) is 6.23. The Balaban J connectivity index is 2.16. The molecule has 0 bridgehead atoms. The summed E-state index contributed by atoms with van der Waals surface area (Å²) in [6.07, 6.45) is -4.59. The number of carbonyl (C=O) groups is 1. The Morgan fingerprint density at radius 3 is 2.42 bits per heavy atom. The lowest BCUT2D eigenvalue weighted by atomic mass is 10.1. The Morgan fingerprint density at radius 1 is 1.12 bits per heavy atom. The van der Waals surface area contributed by atoms with Crippen LogP contribution < -0.4 is 10.6 Å². The number of hydrogen-bond donors (Lipinski definition) is 2. The van der Waals surface area contributed by atoms with Gasteiger partial charge in [0.05, 0.1) is 16.8 Å². The molecule has 2 rings (SSSR count). The van der Waals surface area contributed by atoms with Gasteiger partial charge in [0.25, 0.3) is 5.91 Å². The molecule has 0 aliphatic carbocycles. The van der Waals surface area contributed by atoms with Gasteiger partial charge >= 0.3 is 6.18 Å². The Kier molecular flexibility index (Phi) is 5.75. The van der Waals surface area contributed by atoms with Crippen molar-refractivity contribution in [2.24, 2.45) is 0 Å². The quantitative estimate of drug-likeness (QED) is 0.386. The lowest BCUT2D eigenvalue weighted by molar-refractivity contribution is -0.137. The van der Waals surface area contributed by atoms with Crippen molar-refractivity contribution in [1.29, 1.82) is 0 Å². The van der Waals surface area contributed by atoms with Gasteiger partial charge in [0, 0.05) is 3.57 Å². The molecule has 2 aromatic carbocycles. The SMILES string of the molecule is O=C(NC(=S)Nc1ccc(I)cc1C(F)(F)F)c1ccccc1F. The first-order chi connectivity index (χ1) is 11.2. The molecule has 0 spiro atoms. The van der Waals surface area contributed by atoms with Gasteiger partial charge in [-0.1, -0.05) is 12.1 Å². The van der Waals surface area contributed by atoms with Gasteiger partial charge in [-0.15, -0.1) is 0 Å². The molecule has 9 heteroatoms. The number of thiocarbonyl (C=S) groups is 1. The molecule has 24 heavy (non-hydrogen) atoms. The van der Waals surface area contributed by atoms with Crippen LogP contribution in [0.4, 0.5) is 23.2 Å². The maximum atomic E-state index is 13.5. The molecule has 0 aliphatic rings. The van der Waals surface area contributed by atoms with Crippen molar-refractivity contribution < 1.29 is 22.4 Å². The van der Waals surface area contributed by atoms with E-state index >= 15 is 0 Å². The molecule has 1 amide bonds. The van der Waals surface area contributed by atoms with E-state index < -0.39 is 23.5 Å². The molecule has 2 N–H and O–H groups in total. The van der Waals surface area contributed by atoms with Gasteiger partial charge < -0.3 is 5.32 Å². The standard InChI is InChI=1S/C15H9F4IN2OS/c16-11-4-2-1-3-9(11)13(23)22-14(24)21-12-6-5-8(20)7-10(12)15(17,18)19/h1-7H,(H2,21,22,23,24). The molecule has 0 aromatic heterocycles. The molecule has 0 saturated heterocycles. The van der Waals surface area contributed by atoms with E-state index in [4.69, 9.17) is 12.2 Å². The highest BCUT2D eigenvalue weighted by Crippen LogP contribution is 2.35.